The molecule has 0 radical (unpaired) electrons. The van der Waals surface area contributed by atoms with Gasteiger partial charge in [0.2, 0.25) is 11.8 Å². The van der Waals surface area contributed by atoms with Crippen LogP contribution in [0.15, 0.2) is 22.9 Å². The van der Waals surface area contributed by atoms with Crippen molar-refractivity contribution in [1.29, 1.82) is 0 Å². The summed E-state index contributed by atoms with van der Waals surface area (Å²) in [6.45, 7) is 0.789. The van der Waals surface area contributed by atoms with Crippen LogP contribution in [0.25, 0.3) is 0 Å². The number of hydrogen-bond acceptors (Lipinski definition) is 4. The number of hydrogen-bond donors (Lipinski definition) is 0. The summed E-state index contributed by atoms with van der Waals surface area (Å²) in [4.78, 5) is 19.1. The minimum atomic E-state index is -0.0316. The fourth-order valence-electron chi connectivity index (χ4n) is 3.35. The Labute approximate surface area is 135 Å². The van der Waals surface area contributed by atoms with Gasteiger partial charge in [-0.2, -0.15) is 4.98 Å². The molecule has 23 heavy (non-hydrogen) atoms. The van der Waals surface area contributed by atoms with Gasteiger partial charge in [0, 0.05) is 37.8 Å². The van der Waals surface area contributed by atoms with Gasteiger partial charge in [0.25, 0.3) is 0 Å². The lowest BCUT2D eigenvalue weighted by Gasteiger charge is -2.21. The predicted octanol–water partition coefficient (Wildman–Crippen LogP) is 2.58. The Hall–Kier alpha value is -2.11. The van der Waals surface area contributed by atoms with Crippen LogP contribution in [0.1, 0.15) is 61.5 Å². The number of aryl methyl sites for hydroxylation is 2. The summed E-state index contributed by atoms with van der Waals surface area (Å²) in [5.41, 5.74) is 1.18. The third kappa shape index (κ3) is 2.90. The normalized spacial score (nSPS) is 21.1. The van der Waals surface area contributed by atoms with Gasteiger partial charge in [-0.05, 0) is 44.2 Å². The Morgan fingerprint density at radius 3 is 3.00 bits per heavy atom. The standard InChI is InChI=1S/C17H22N4O2/c1-20-10-2-4-13(20)8-9-15(22)21-11-3-5-14(21)17-18-16(19-23-17)12-6-7-12/h2,4,10,12,14H,3,5-9,11H2,1H3/t14-/m0/s1. The van der Waals surface area contributed by atoms with Crippen molar-refractivity contribution in [2.45, 2.75) is 50.5 Å². The highest BCUT2D eigenvalue weighted by atomic mass is 16.5. The first kappa shape index (κ1) is 14.5. The van der Waals surface area contributed by atoms with Crippen LogP contribution in [0.4, 0.5) is 0 Å². The molecule has 0 unspecified atom stereocenters. The minimum absolute atomic E-state index is 0.0316. The quantitative estimate of drug-likeness (QED) is 0.851. The molecule has 6 heteroatoms. The molecule has 1 atom stereocenters. The van der Waals surface area contributed by atoms with E-state index in [2.05, 4.69) is 20.8 Å². The first-order valence-corrected chi connectivity index (χ1v) is 8.45. The Kier molecular flexibility index (Phi) is 3.67. The van der Waals surface area contributed by atoms with Gasteiger partial charge in [-0.25, -0.2) is 0 Å². The van der Waals surface area contributed by atoms with Crippen molar-refractivity contribution in [3.63, 3.8) is 0 Å². The van der Waals surface area contributed by atoms with E-state index in [0.717, 1.165) is 44.5 Å². The summed E-state index contributed by atoms with van der Waals surface area (Å²) in [6.07, 6.45) is 7.53. The topological polar surface area (TPSA) is 64.2 Å². The van der Waals surface area contributed by atoms with Gasteiger partial charge < -0.3 is 14.0 Å². The van der Waals surface area contributed by atoms with Gasteiger partial charge in [-0.15, -0.1) is 0 Å². The monoisotopic (exact) mass is 314 g/mol. The van der Waals surface area contributed by atoms with Gasteiger partial charge in [-0.1, -0.05) is 5.16 Å². The molecule has 0 bridgehead atoms. The van der Waals surface area contributed by atoms with Crippen LogP contribution in [-0.4, -0.2) is 32.1 Å². The van der Waals surface area contributed by atoms with Crippen LogP contribution < -0.4 is 0 Å². The molecule has 3 heterocycles. The highest BCUT2D eigenvalue weighted by Gasteiger charge is 2.36. The molecule has 0 spiro atoms. The van der Waals surface area contributed by atoms with Crippen LogP contribution in [0.5, 0.6) is 0 Å². The van der Waals surface area contributed by atoms with Gasteiger partial charge in [0.15, 0.2) is 5.82 Å². The van der Waals surface area contributed by atoms with Crippen LogP contribution in [-0.2, 0) is 18.3 Å². The van der Waals surface area contributed by atoms with Crippen molar-refractivity contribution >= 4 is 5.91 Å². The second kappa shape index (κ2) is 5.83. The van der Waals surface area contributed by atoms with E-state index >= 15 is 0 Å². The molecule has 1 saturated heterocycles. The second-order valence-corrected chi connectivity index (χ2v) is 6.62. The molecule has 6 nitrogen and oxygen atoms in total. The summed E-state index contributed by atoms with van der Waals surface area (Å²) < 4.78 is 7.50. The zero-order chi connectivity index (χ0) is 15.8. The fraction of sp³-hybridized carbons (Fsp3) is 0.588. The largest absolute Gasteiger partial charge is 0.354 e. The number of aromatic nitrogens is 3. The number of likely N-dealkylation sites (tertiary alicyclic amines) is 1. The molecule has 2 aromatic rings. The van der Waals surface area contributed by atoms with E-state index < -0.39 is 0 Å². The van der Waals surface area contributed by atoms with Crippen LogP contribution >= 0.6 is 0 Å². The number of carbonyl (C=O) groups excluding carboxylic acids is 1. The van der Waals surface area contributed by atoms with E-state index in [1.54, 1.807) is 0 Å². The third-order valence-corrected chi connectivity index (χ3v) is 4.90. The van der Waals surface area contributed by atoms with Crippen molar-refractivity contribution < 1.29 is 9.32 Å². The zero-order valence-corrected chi connectivity index (χ0v) is 13.4. The lowest BCUT2D eigenvalue weighted by molar-refractivity contribution is -0.132. The molecule has 2 aromatic heterocycles. The van der Waals surface area contributed by atoms with E-state index in [0.29, 0.717) is 18.2 Å². The average Bonchev–Trinajstić information content (AvgIpc) is 2.97. The maximum atomic E-state index is 12.6. The van der Waals surface area contributed by atoms with Crippen molar-refractivity contribution in [3.05, 3.63) is 35.7 Å². The van der Waals surface area contributed by atoms with E-state index in [1.807, 2.05) is 24.2 Å². The number of carbonyl (C=O) groups is 1. The molecule has 1 aliphatic carbocycles. The van der Waals surface area contributed by atoms with Crippen molar-refractivity contribution in [2.75, 3.05) is 6.54 Å². The van der Waals surface area contributed by atoms with E-state index in [4.69, 9.17) is 4.52 Å². The molecule has 122 valence electrons. The van der Waals surface area contributed by atoms with Crippen molar-refractivity contribution in [3.8, 4) is 0 Å². The highest BCUT2D eigenvalue weighted by molar-refractivity contribution is 5.77. The van der Waals surface area contributed by atoms with E-state index in [9.17, 15) is 4.79 Å². The molecular weight excluding hydrogens is 292 g/mol. The van der Waals surface area contributed by atoms with Crippen LogP contribution in [0, 0.1) is 0 Å². The molecule has 4 rings (SSSR count). The second-order valence-electron chi connectivity index (χ2n) is 6.62. The Bertz CT molecular complexity index is 701. The summed E-state index contributed by atoms with van der Waals surface area (Å²) in [5.74, 6) is 2.11. The zero-order valence-electron chi connectivity index (χ0n) is 13.4. The molecule has 2 aliphatic rings. The maximum Gasteiger partial charge on any atom is 0.249 e. The Morgan fingerprint density at radius 2 is 2.26 bits per heavy atom. The predicted molar refractivity (Wildman–Crippen MR) is 83.7 cm³/mol. The number of rotatable bonds is 5. The summed E-state index contributed by atoms with van der Waals surface area (Å²) in [5, 5.41) is 4.09. The van der Waals surface area contributed by atoms with Gasteiger partial charge in [-0.3, -0.25) is 4.79 Å². The van der Waals surface area contributed by atoms with Gasteiger partial charge >= 0.3 is 0 Å². The lowest BCUT2D eigenvalue weighted by atomic mass is 10.2. The molecule has 0 aromatic carbocycles. The third-order valence-electron chi connectivity index (χ3n) is 4.90. The summed E-state index contributed by atoms with van der Waals surface area (Å²) in [7, 11) is 2.01. The van der Waals surface area contributed by atoms with E-state index in [1.165, 1.54) is 5.69 Å². The van der Waals surface area contributed by atoms with Gasteiger partial charge in [0.1, 0.15) is 6.04 Å². The molecule has 1 saturated carbocycles. The number of amides is 1. The lowest BCUT2D eigenvalue weighted by Crippen LogP contribution is -2.31. The maximum absolute atomic E-state index is 12.6. The SMILES string of the molecule is Cn1cccc1CCC(=O)N1CCC[C@H]1c1nc(C2CC2)no1. The first-order valence-electron chi connectivity index (χ1n) is 8.45. The molecule has 0 N–H and O–H groups in total. The Balaban J connectivity index is 1.41. The highest BCUT2D eigenvalue weighted by Crippen LogP contribution is 2.39. The summed E-state index contributed by atoms with van der Waals surface area (Å²) >= 11 is 0. The Morgan fingerprint density at radius 1 is 1.39 bits per heavy atom. The van der Waals surface area contributed by atoms with Gasteiger partial charge in [0.05, 0.1) is 0 Å². The first-order chi connectivity index (χ1) is 11.2. The molecule has 1 aliphatic heterocycles. The smallest absolute Gasteiger partial charge is 0.249 e. The summed E-state index contributed by atoms with van der Waals surface area (Å²) in [6, 6.07) is 4.04. The molecule has 1 amide bonds. The van der Waals surface area contributed by atoms with Crippen LogP contribution in [0.3, 0.4) is 0 Å². The fourth-order valence-corrected chi connectivity index (χ4v) is 3.35. The van der Waals surface area contributed by atoms with Crippen LogP contribution in [0.2, 0.25) is 0 Å². The van der Waals surface area contributed by atoms with Crippen molar-refractivity contribution in [2.24, 2.45) is 7.05 Å². The van der Waals surface area contributed by atoms with Crippen molar-refractivity contribution in [1.82, 2.24) is 19.6 Å². The average molecular weight is 314 g/mol. The van der Waals surface area contributed by atoms with E-state index in [-0.39, 0.29) is 11.9 Å². The molecule has 2 fully saturated rings. The minimum Gasteiger partial charge on any atom is -0.354 e. The number of nitrogens with zero attached hydrogens (tertiary/aromatic N) is 4. The molecular formula is C17H22N4O2.